The van der Waals surface area contributed by atoms with Crippen LogP contribution >= 0.6 is 13.5 Å². The fourth-order valence-corrected chi connectivity index (χ4v) is 4.91. The van der Waals surface area contributed by atoms with E-state index < -0.39 is 11.8 Å². The van der Waals surface area contributed by atoms with Gasteiger partial charge < -0.3 is 23.8 Å². The van der Waals surface area contributed by atoms with Crippen molar-refractivity contribution >= 4 is 19.5 Å². The molecule has 2 aromatic carbocycles. The number of carboxylic acids is 1. The van der Waals surface area contributed by atoms with Crippen molar-refractivity contribution in [1.82, 2.24) is 5.16 Å². The van der Waals surface area contributed by atoms with E-state index >= 15 is 0 Å². The summed E-state index contributed by atoms with van der Waals surface area (Å²) in [5, 5.41) is 13.5. The number of carboxylic acid groups (broad SMARTS) is 1. The van der Waals surface area contributed by atoms with Crippen LogP contribution in [0.2, 0.25) is 0 Å². The zero-order valence-electron chi connectivity index (χ0n) is 20.7. The first kappa shape index (κ1) is 26.9. The summed E-state index contributed by atoms with van der Waals surface area (Å²) in [7, 11) is 1.52. The van der Waals surface area contributed by atoms with Gasteiger partial charge in [0.2, 0.25) is 5.76 Å². The van der Waals surface area contributed by atoms with Gasteiger partial charge in [-0.15, -0.1) is 0 Å². The Morgan fingerprint density at radius 3 is 2.62 bits per heavy atom. The van der Waals surface area contributed by atoms with E-state index in [2.05, 4.69) is 5.16 Å². The fraction of sp³-hybridized carbons (Fsp3) is 0.429. The minimum Gasteiger partial charge on any atom is -0.497 e. The summed E-state index contributed by atoms with van der Waals surface area (Å²) in [4.78, 5) is 11.4. The number of carbonyl (C=O) groups is 1. The number of methoxy groups -OCH3 is 1. The highest BCUT2D eigenvalue weighted by Crippen LogP contribution is 2.45. The van der Waals surface area contributed by atoms with E-state index in [-0.39, 0.29) is 49.9 Å². The highest BCUT2D eigenvalue weighted by molar-refractivity contribution is 7.59. The molecule has 1 N–H and O–H groups in total. The molecule has 37 heavy (non-hydrogen) atoms. The predicted octanol–water partition coefficient (Wildman–Crippen LogP) is 6.47. The third-order valence-corrected chi connectivity index (χ3v) is 6.97. The molecule has 0 bridgehead atoms. The first-order valence-electron chi connectivity index (χ1n) is 12.5. The van der Waals surface area contributed by atoms with Gasteiger partial charge in [0.1, 0.15) is 23.9 Å². The number of nitrogens with zero attached hydrogens (tertiary/aromatic N) is 1. The fourth-order valence-electron chi connectivity index (χ4n) is 4.91. The van der Waals surface area contributed by atoms with Gasteiger partial charge >= 0.3 is 5.97 Å². The maximum absolute atomic E-state index is 14.8. The van der Waals surface area contributed by atoms with Crippen molar-refractivity contribution in [2.24, 2.45) is 5.92 Å². The Labute approximate surface area is 222 Å². The molecule has 0 unspecified atom stereocenters. The number of halogens is 1. The minimum atomic E-state index is -0.799. The first-order valence-corrected chi connectivity index (χ1v) is 12.5. The van der Waals surface area contributed by atoms with Crippen LogP contribution < -0.4 is 14.2 Å². The van der Waals surface area contributed by atoms with Gasteiger partial charge in [0.15, 0.2) is 11.4 Å². The number of rotatable bonds is 11. The smallest absolute Gasteiger partial charge is 0.303 e. The Hall–Kier alpha value is -3.20. The molecule has 2 fully saturated rings. The number of aromatic nitrogens is 1. The molecule has 2 aliphatic rings. The van der Waals surface area contributed by atoms with E-state index in [1.54, 1.807) is 12.1 Å². The van der Waals surface area contributed by atoms with Gasteiger partial charge in [-0.25, -0.2) is 4.39 Å². The number of hydrogen-bond acceptors (Lipinski definition) is 6. The van der Waals surface area contributed by atoms with E-state index in [1.165, 1.54) is 13.2 Å². The number of benzene rings is 2. The quantitative estimate of drug-likeness (QED) is 0.304. The molecule has 9 heteroatoms. The zero-order chi connectivity index (χ0) is 25.1. The van der Waals surface area contributed by atoms with Crippen LogP contribution in [0.25, 0.3) is 11.3 Å². The Bertz CT molecular complexity index is 1220. The molecule has 0 saturated heterocycles. The van der Waals surface area contributed by atoms with Crippen molar-refractivity contribution in [2.45, 2.75) is 63.6 Å². The zero-order valence-corrected chi connectivity index (χ0v) is 21.7. The summed E-state index contributed by atoms with van der Waals surface area (Å²) in [5.74, 6) is 0.802. The lowest BCUT2D eigenvalue weighted by Crippen LogP contribution is -2.13. The summed E-state index contributed by atoms with van der Waals surface area (Å²) in [6, 6.07) is 12.0. The highest BCUT2D eigenvalue weighted by atomic mass is 32.1. The van der Waals surface area contributed by atoms with Gasteiger partial charge in [-0.2, -0.15) is 13.5 Å². The lowest BCUT2D eigenvalue weighted by molar-refractivity contribution is -0.137. The Kier molecular flexibility index (Phi) is 8.63. The monoisotopic (exact) mass is 529 g/mol. The van der Waals surface area contributed by atoms with Crippen LogP contribution in [-0.4, -0.2) is 29.4 Å². The molecule has 7 nitrogen and oxygen atoms in total. The summed E-state index contributed by atoms with van der Waals surface area (Å²) in [6.45, 7) is 0.0631. The lowest BCUT2D eigenvalue weighted by atomic mass is 9.91. The highest BCUT2D eigenvalue weighted by Gasteiger charge is 2.34. The SMILES string of the molecule is COc1ccc(F)c(-c2onc(COc3cccc([C@@H](CC(=O)O)C4CC4)c3)c2OC2CCCC2)c1.S. The van der Waals surface area contributed by atoms with Gasteiger partial charge in [0.25, 0.3) is 0 Å². The topological polar surface area (TPSA) is 91.0 Å². The third-order valence-electron chi connectivity index (χ3n) is 6.97. The Morgan fingerprint density at radius 1 is 1.14 bits per heavy atom. The predicted molar refractivity (Wildman–Crippen MR) is 140 cm³/mol. The van der Waals surface area contributed by atoms with Crippen molar-refractivity contribution in [3.05, 3.63) is 59.5 Å². The molecule has 3 aromatic rings. The molecule has 1 aromatic heterocycles. The van der Waals surface area contributed by atoms with E-state index in [0.29, 0.717) is 28.9 Å². The van der Waals surface area contributed by atoms with E-state index in [1.807, 2.05) is 24.3 Å². The van der Waals surface area contributed by atoms with E-state index in [9.17, 15) is 14.3 Å². The third kappa shape index (κ3) is 6.39. The molecule has 2 aliphatic carbocycles. The number of hydrogen-bond donors (Lipinski definition) is 1. The van der Waals surface area contributed by atoms with Crippen molar-refractivity contribution in [3.8, 4) is 28.6 Å². The summed E-state index contributed by atoms with van der Waals surface area (Å²) in [5.41, 5.74) is 1.61. The van der Waals surface area contributed by atoms with Crippen LogP contribution in [0, 0.1) is 11.7 Å². The van der Waals surface area contributed by atoms with Crippen LogP contribution in [0.5, 0.6) is 17.2 Å². The molecule has 0 aliphatic heterocycles. The summed E-state index contributed by atoms with van der Waals surface area (Å²) in [6.07, 6.45) is 6.20. The second-order valence-electron chi connectivity index (χ2n) is 9.56. The molecular weight excluding hydrogens is 497 g/mol. The Morgan fingerprint density at radius 2 is 1.92 bits per heavy atom. The van der Waals surface area contributed by atoms with Gasteiger partial charge in [0.05, 0.1) is 25.2 Å². The maximum atomic E-state index is 14.8. The summed E-state index contributed by atoms with van der Waals surface area (Å²) >= 11 is 0. The van der Waals surface area contributed by atoms with Crippen molar-refractivity contribution < 1.29 is 33.0 Å². The molecule has 0 radical (unpaired) electrons. The first-order chi connectivity index (χ1) is 17.5. The lowest BCUT2D eigenvalue weighted by Gasteiger charge is -2.16. The van der Waals surface area contributed by atoms with Crippen molar-refractivity contribution in [2.75, 3.05) is 7.11 Å². The van der Waals surface area contributed by atoms with Crippen LogP contribution in [0.4, 0.5) is 4.39 Å². The van der Waals surface area contributed by atoms with E-state index in [4.69, 9.17) is 18.7 Å². The Balaban J connectivity index is 0.00000320. The molecule has 0 spiro atoms. The second-order valence-corrected chi connectivity index (χ2v) is 9.56. The normalized spacial score (nSPS) is 16.2. The van der Waals surface area contributed by atoms with Gasteiger partial charge in [0, 0.05) is 0 Å². The average molecular weight is 530 g/mol. The van der Waals surface area contributed by atoms with Crippen molar-refractivity contribution in [3.63, 3.8) is 0 Å². The molecule has 1 heterocycles. The molecular formula is C28H32FNO6S. The number of aliphatic carboxylic acids is 1. The number of ether oxygens (including phenoxy) is 3. The van der Waals surface area contributed by atoms with Crippen LogP contribution in [0.15, 0.2) is 47.0 Å². The van der Waals surface area contributed by atoms with Crippen molar-refractivity contribution in [1.29, 1.82) is 0 Å². The van der Waals surface area contributed by atoms with Crippen LogP contribution in [0.3, 0.4) is 0 Å². The second kappa shape index (κ2) is 11.9. The van der Waals surface area contributed by atoms with Gasteiger partial charge in [-0.05, 0) is 86.3 Å². The minimum absolute atomic E-state index is 0. The molecule has 0 amide bonds. The molecule has 5 rings (SSSR count). The molecule has 198 valence electrons. The molecule has 2 saturated carbocycles. The largest absolute Gasteiger partial charge is 0.497 e. The van der Waals surface area contributed by atoms with Gasteiger partial charge in [-0.1, -0.05) is 17.3 Å². The average Bonchev–Trinajstić information content (AvgIpc) is 3.45. The standard InChI is InChI=1S/C28H30FNO6.H2S/c1-33-20-11-12-24(29)23(14-20)27-28(35-19-6-2-3-7-19)25(30-36-27)16-34-21-8-4-5-18(13-21)22(15-26(31)32)17-9-10-17;/h4-5,8,11-14,17,19,22H,2-3,6-7,9-10,15-16H2,1H3,(H,31,32);1H2/t22-;/m0./s1. The summed E-state index contributed by atoms with van der Waals surface area (Å²) < 4.78 is 37.9. The van der Waals surface area contributed by atoms with Gasteiger partial charge in [-0.3, -0.25) is 4.79 Å². The van der Waals surface area contributed by atoms with Crippen LogP contribution in [-0.2, 0) is 11.4 Å². The maximum Gasteiger partial charge on any atom is 0.303 e. The molecule has 1 atom stereocenters. The van der Waals surface area contributed by atoms with E-state index in [0.717, 1.165) is 44.1 Å². The van der Waals surface area contributed by atoms with Crippen LogP contribution in [0.1, 0.15) is 62.1 Å².